The average Bonchev–Trinajstić information content (AvgIpc) is 3.17. The molecule has 0 radical (unpaired) electrons. The number of allylic oxidation sites excluding steroid dienone is 1. The molecule has 3 rings (SSSR count). The fraction of sp³-hybridized carbons (Fsp3) is 0.348. The zero-order chi connectivity index (χ0) is 24.1. The lowest BCUT2D eigenvalue weighted by Gasteiger charge is -2.22. The van der Waals surface area contributed by atoms with Gasteiger partial charge in [0.2, 0.25) is 5.95 Å². The van der Waals surface area contributed by atoms with Crippen molar-refractivity contribution in [3.05, 3.63) is 53.6 Å². The quantitative estimate of drug-likeness (QED) is 0.487. The minimum Gasteiger partial charge on any atom is -0.447 e. The molecule has 0 aliphatic carbocycles. The van der Waals surface area contributed by atoms with E-state index in [0.717, 1.165) is 11.1 Å². The smallest absolute Gasteiger partial charge is 0.416 e. The number of ether oxygens (including phenoxy) is 1. The minimum absolute atomic E-state index is 0.0455. The van der Waals surface area contributed by atoms with Crippen molar-refractivity contribution in [2.75, 3.05) is 16.8 Å². The van der Waals surface area contributed by atoms with Crippen LogP contribution in [0, 0.1) is 12.7 Å². The summed E-state index contributed by atoms with van der Waals surface area (Å²) < 4.78 is 32.4. The number of carbonyl (C=O) groups excluding carboxylic acids is 1. The molecule has 0 spiro atoms. The largest absolute Gasteiger partial charge is 0.447 e. The molecule has 1 fully saturated rings. The van der Waals surface area contributed by atoms with Crippen LogP contribution in [0.2, 0.25) is 0 Å². The highest BCUT2D eigenvalue weighted by Crippen LogP contribution is 2.25. The topological polar surface area (TPSA) is 92.1 Å². The van der Waals surface area contributed by atoms with E-state index in [-0.39, 0.29) is 24.2 Å². The van der Waals surface area contributed by atoms with Crippen LogP contribution in [0.4, 0.5) is 25.3 Å². The van der Waals surface area contributed by atoms with E-state index in [4.69, 9.17) is 4.74 Å². The van der Waals surface area contributed by atoms with Gasteiger partial charge in [0.05, 0.1) is 6.04 Å². The Hall–Kier alpha value is -3.69. The van der Waals surface area contributed by atoms with Gasteiger partial charge in [0.25, 0.3) is 0 Å². The van der Waals surface area contributed by atoms with Crippen molar-refractivity contribution in [2.24, 2.45) is 9.98 Å². The number of alkyl halides is 1. The van der Waals surface area contributed by atoms with E-state index < -0.39 is 24.3 Å². The van der Waals surface area contributed by atoms with Crippen molar-refractivity contribution in [2.45, 2.75) is 46.0 Å². The van der Waals surface area contributed by atoms with Gasteiger partial charge in [-0.1, -0.05) is 6.07 Å². The lowest BCUT2D eigenvalue weighted by molar-refractivity contribution is 0.174. The number of amidine groups is 1. The maximum atomic E-state index is 13.9. The van der Waals surface area contributed by atoms with Gasteiger partial charge in [-0.3, -0.25) is 4.90 Å². The third kappa shape index (κ3) is 5.57. The molecule has 1 amide bonds. The number of hydrogen-bond donors (Lipinski definition) is 1. The number of hydrogen-bond acceptors (Lipinski definition) is 6. The summed E-state index contributed by atoms with van der Waals surface area (Å²) in [5.41, 5.74) is 2.21. The molecule has 8 nitrogen and oxygen atoms in total. The summed E-state index contributed by atoms with van der Waals surface area (Å²) >= 11 is 0. The minimum atomic E-state index is -1.29. The van der Waals surface area contributed by atoms with Crippen LogP contribution in [0.25, 0.3) is 5.57 Å². The Labute approximate surface area is 191 Å². The molecule has 1 aromatic heterocycles. The monoisotopic (exact) mass is 456 g/mol. The highest BCUT2D eigenvalue weighted by Gasteiger charge is 2.39. The molecule has 1 aliphatic heterocycles. The van der Waals surface area contributed by atoms with E-state index in [9.17, 15) is 13.6 Å². The second-order valence-corrected chi connectivity index (χ2v) is 7.72. The number of carbonyl (C=O) groups is 1. The second-order valence-electron chi connectivity index (χ2n) is 7.72. The van der Waals surface area contributed by atoms with Crippen LogP contribution in [0.15, 0.2) is 46.6 Å². The Balaban J connectivity index is 1.77. The first-order chi connectivity index (χ1) is 15.7. The van der Waals surface area contributed by atoms with Crippen LogP contribution >= 0.6 is 0 Å². The van der Waals surface area contributed by atoms with E-state index in [1.807, 2.05) is 6.92 Å². The number of nitrogens with one attached hydrogen (secondary N) is 1. The predicted molar refractivity (Wildman–Crippen MR) is 125 cm³/mol. The van der Waals surface area contributed by atoms with Gasteiger partial charge in [-0.15, -0.1) is 0 Å². The fourth-order valence-electron chi connectivity index (χ4n) is 3.27. The molecule has 174 valence electrons. The molecule has 0 unspecified atom stereocenters. The van der Waals surface area contributed by atoms with Crippen LogP contribution in [0.1, 0.15) is 31.9 Å². The molecule has 1 aliphatic rings. The molecule has 0 bridgehead atoms. The van der Waals surface area contributed by atoms with Crippen LogP contribution in [0.3, 0.4) is 0 Å². The van der Waals surface area contributed by atoms with Crippen LogP contribution in [-0.2, 0) is 4.74 Å². The van der Waals surface area contributed by atoms with E-state index in [1.54, 1.807) is 32.2 Å². The van der Waals surface area contributed by atoms with Gasteiger partial charge in [0.1, 0.15) is 36.3 Å². The third-order valence-corrected chi connectivity index (χ3v) is 5.22. The molecule has 1 N–H and O–H groups in total. The molecule has 2 aromatic rings. The van der Waals surface area contributed by atoms with Crippen molar-refractivity contribution in [3.8, 4) is 0 Å². The first-order valence-corrected chi connectivity index (χ1v) is 10.4. The molecule has 3 atom stereocenters. The van der Waals surface area contributed by atoms with Crippen LogP contribution in [-0.4, -0.2) is 53.5 Å². The molecule has 2 heterocycles. The van der Waals surface area contributed by atoms with Gasteiger partial charge < -0.3 is 10.1 Å². The number of rotatable bonds is 7. The van der Waals surface area contributed by atoms with Crippen molar-refractivity contribution in [1.82, 2.24) is 9.97 Å². The number of benzene rings is 1. The number of halogens is 2. The zero-order valence-electron chi connectivity index (χ0n) is 18.9. The Morgan fingerprint density at radius 3 is 2.82 bits per heavy atom. The molecule has 0 saturated carbocycles. The fourth-order valence-corrected chi connectivity index (χ4v) is 3.27. The highest BCUT2D eigenvalue weighted by molar-refractivity contribution is 5.93. The lowest BCUT2D eigenvalue weighted by atomic mass is 10.1. The van der Waals surface area contributed by atoms with E-state index in [0.29, 0.717) is 11.4 Å². The van der Waals surface area contributed by atoms with Crippen molar-refractivity contribution >= 4 is 36.0 Å². The number of nitrogens with zero attached hydrogens (tertiary/aromatic N) is 5. The normalized spacial score (nSPS) is 18.7. The van der Waals surface area contributed by atoms with Gasteiger partial charge in [-0.25, -0.2) is 28.5 Å². The zero-order valence-corrected chi connectivity index (χ0v) is 18.9. The van der Waals surface area contributed by atoms with Crippen LogP contribution in [0.5, 0.6) is 0 Å². The van der Waals surface area contributed by atoms with Crippen molar-refractivity contribution in [3.63, 3.8) is 0 Å². The van der Waals surface area contributed by atoms with E-state index in [1.165, 1.54) is 30.2 Å². The summed E-state index contributed by atoms with van der Waals surface area (Å²) in [5, 5.41) is 3.06. The number of amides is 1. The summed E-state index contributed by atoms with van der Waals surface area (Å²) in [7, 11) is 0. The summed E-state index contributed by atoms with van der Waals surface area (Å²) in [6.07, 6.45) is 1.14. The average molecular weight is 456 g/mol. The van der Waals surface area contributed by atoms with Crippen LogP contribution < -0.4 is 10.2 Å². The van der Waals surface area contributed by atoms with E-state index >= 15 is 0 Å². The second kappa shape index (κ2) is 10.3. The highest BCUT2D eigenvalue weighted by atomic mass is 19.1. The van der Waals surface area contributed by atoms with Gasteiger partial charge in [0.15, 0.2) is 0 Å². The molecular formula is C23H26F2N6O2. The first-order valence-electron chi connectivity index (χ1n) is 10.4. The Kier molecular flexibility index (Phi) is 7.47. The SMILES string of the molecule is C=NC(=N/C=C(\C)c1ccc(F)c(C)c1)[C@H](C)Nc1nccc(N2C(=O)OC[C@@H]2[C@H](C)F)n1. The van der Waals surface area contributed by atoms with Crippen molar-refractivity contribution in [1.29, 1.82) is 0 Å². The summed E-state index contributed by atoms with van der Waals surface area (Å²) in [6, 6.07) is 5.16. The van der Waals surface area contributed by atoms with Gasteiger partial charge in [0, 0.05) is 12.4 Å². The molecule has 10 heteroatoms. The summed E-state index contributed by atoms with van der Waals surface area (Å²) in [6.45, 7) is 10.2. The number of aliphatic imine (C=N–C) groups is 2. The maximum Gasteiger partial charge on any atom is 0.416 e. The maximum absolute atomic E-state index is 13.9. The number of anilines is 2. The molecule has 1 aromatic carbocycles. The number of aromatic nitrogens is 2. The van der Waals surface area contributed by atoms with Gasteiger partial charge in [-0.2, -0.15) is 4.98 Å². The lowest BCUT2D eigenvalue weighted by Crippen LogP contribution is -2.39. The van der Waals surface area contributed by atoms with Gasteiger partial charge in [-0.05, 0) is 69.3 Å². The third-order valence-electron chi connectivity index (χ3n) is 5.22. The molecule has 1 saturated heterocycles. The molecule has 33 heavy (non-hydrogen) atoms. The molecular weight excluding hydrogens is 430 g/mol. The summed E-state index contributed by atoms with van der Waals surface area (Å²) in [4.78, 5) is 30.1. The number of cyclic esters (lactones) is 1. The van der Waals surface area contributed by atoms with Gasteiger partial charge >= 0.3 is 6.09 Å². The first kappa shape index (κ1) is 24.0. The van der Waals surface area contributed by atoms with Crippen molar-refractivity contribution < 1.29 is 18.3 Å². The Morgan fingerprint density at radius 2 is 2.15 bits per heavy atom. The Bertz CT molecular complexity index is 1100. The number of aryl methyl sites for hydroxylation is 1. The summed E-state index contributed by atoms with van der Waals surface area (Å²) in [5.74, 6) is 0.538. The Morgan fingerprint density at radius 1 is 1.39 bits per heavy atom. The standard InChI is InChI=1S/C23H26F2N6O2/c1-13-10-17(6-7-18(13)25)14(2)11-28-21(26-5)16(4)29-22-27-9-8-20(30-22)31-19(15(3)24)12-33-23(31)32/h6-11,15-16,19H,5,12H2,1-4H3,(H,27,29,30)/b14-11+,28-21?/t15-,16-,19+/m0/s1. The predicted octanol–water partition coefficient (Wildman–Crippen LogP) is 4.57. The van der Waals surface area contributed by atoms with E-state index in [2.05, 4.69) is 32.0 Å².